The van der Waals surface area contributed by atoms with Crippen LogP contribution in [0.25, 0.3) is 0 Å². The standard InChI is InChI=1S/C17H24BrN5OS.HI/c1-21(2)16(24)10-20-17(19-9-15-6-5-7-25-15)23(4)12-14-8-13(18)11-22(14)3;/h5-8,11H,9-10,12H2,1-4H3,(H,19,20);1H. The Bertz CT molecular complexity index is 730. The Kier molecular flexibility index (Phi) is 9.66. The summed E-state index contributed by atoms with van der Waals surface area (Å²) < 4.78 is 3.12. The third kappa shape index (κ3) is 6.92. The zero-order chi connectivity index (χ0) is 18.4. The Morgan fingerprint density at radius 1 is 1.38 bits per heavy atom. The lowest BCUT2D eigenvalue weighted by Crippen LogP contribution is -2.39. The van der Waals surface area contributed by atoms with Crippen molar-refractivity contribution in [3.63, 3.8) is 0 Å². The van der Waals surface area contributed by atoms with Crippen LogP contribution in [0.15, 0.2) is 39.2 Å². The molecule has 0 bridgehead atoms. The lowest BCUT2D eigenvalue weighted by atomic mass is 10.4. The minimum atomic E-state index is -0.0227. The average molecular weight is 554 g/mol. The molecule has 0 saturated heterocycles. The summed E-state index contributed by atoms with van der Waals surface area (Å²) in [5.74, 6) is 0.686. The van der Waals surface area contributed by atoms with Crippen LogP contribution in [0.2, 0.25) is 0 Å². The fourth-order valence-corrected chi connectivity index (χ4v) is 3.43. The van der Waals surface area contributed by atoms with Crippen molar-refractivity contribution < 1.29 is 4.79 Å². The molecule has 0 unspecified atom stereocenters. The number of likely N-dealkylation sites (N-methyl/N-ethyl adjacent to an activating group) is 1. The summed E-state index contributed by atoms with van der Waals surface area (Å²) in [5.41, 5.74) is 1.15. The first-order valence-electron chi connectivity index (χ1n) is 7.89. The normalized spacial score (nSPS) is 11.0. The number of amides is 1. The molecule has 0 spiro atoms. The molecule has 2 aromatic heterocycles. The Hall–Kier alpha value is -1.07. The topological polar surface area (TPSA) is 52.9 Å². The van der Waals surface area contributed by atoms with Gasteiger partial charge in [-0.15, -0.1) is 35.3 Å². The average Bonchev–Trinajstić information content (AvgIpc) is 3.16. The molecule has 2 aromatic rings. The minimum Gasteiger partial charge on any atom is -0.352 e. The first-order valence-corrected chi connectivity index (χ1v) is 9.57. The van der Waals surface area contributed by atoms with Crippen LogP contribution >= 0.6 is 51.2 Å². The van der Waals surface area contributed by atoms with E-state index in [1.165, 1.54) is 4.88 Å². The van der Waals surface area contributed by atoms with Gasteiger partial charge < -0.3 is 19.7 Å². The van der Waals surface area contributed by atoms with Crippen molar-refractivity contribution in [3.05, 3.63) is 44.8 Å². The number of nitrogens with one attached hydrogen (secondary N) is 1. The number of guanidine groups is 1. The van der Waals surface area contributed by atoms with E-state index in [2.05, 4.69) is 48.3 Å². The van der Waals surface area contributed by atoms with Crippen LogP contribution in [0, 0.1) is 0 Å². The lowest BCUT2D eigenvalue weighted by Gasteiger charge is -2.23. The molecule has 26 heavy (non-hydrogen) atoms. The van der Waals surface area contributed by atoms with Gasteiger partial charge in [-0.1, -0.05) is 6.07 Å². The van der Waals surface area contributed by atoms with E-state index in [4.69, 9.17) is 0 Å². The number of aliphatic imine (C=N–C) groups is 1. The molecule has 0 aliphatic carbocycles. The van der Waals surface area contributed by atoms with Gasteiger partial charge in [0.25, 0.3) is 0 Å². The number of hydrogen-bond donors (Lipinski definition) is 1. The number of rotatable bonds is 6. The number of carbonyl (C=O) groups is 1. The fraction of sp³-hybridized carbons (Fsp3) is 0.412. The van der Waals surface area contributed by atoms with Gasteiger partial charge in [0, 0.05) is 49.4 Å². The maximum absolute atomic E-state index is 11.9. The third-order valence-corrected chi connectivity index (χ3v) is 5.01. The SMILES string of the molecule is CN(C)C(=O)CN=C(NCc1cccs1)N(C)Cc1cc(Br)cn1C.I. The molecule has 0 fully saturated rings. The number of hydrogen-bond acceptors (Lipinski definition) is 3. The van der Waals surface area contributed by atoms with Gasteiger partial charge in [0.2, 0.25) is 5.91 Å². The molecular weight excluding hydrogens is 529 g/mol. The zero-order valence-electron chi connectivity index (χ0n) is 15.4. The highest BCUT2D eigenvalue weighted by atomic mass is 127. The predicted octanol–water partition coefficient (Wildman–Crippen LogP) is 3.13. The molecule has 0 radical (unpaired) electrons. The van der Waals surface area contributed by atoms with E-state index in [-0.39, 0.29) is 36.4 Å². The van der Waals surface area contributed by atoms with Crippen molar-refractivity contribution in [2.45, 2.75) is 13.1 Å². The van der Waals surface area contributed by atoms with Gasteiger partial charge in [-0.05, 0) is 33.4 Å². The summed E-state index contributed by atoms with van der Waals surface area (Å²) in [7, 11) is 7.46. The summed E-state index contributed by atoms with van der Waals surface area (Å²) in [4.78, 5) is 21.2. The maximum atomic E-state index is 11.9. The van der Waals surface area contributed by atoms with Crippen molar-refractivity contribution in [1.29, 1.82) is 0 Å². The van der Waals surface area contributed by atoms with E-state index in [0.717, 1.165) is 10.2 Å². The van der Waals surface area contributed by atoms with Crippen molar-refractivity contribution in [2.24, 2.45) is 12.0 Å². The van der Waals surface area contributed by atoms with Gasteiger partial charge in [0.1, 0.15) is 6.54 Å². The first-order chi connectivity index (χ1) is 11.9. The van der Waals surface area contributed by atoms with Gasteiger partial charge in [0.15, 0.2) is 5.96 Å². The molecule has 6 nitrogen and oxygen atoms in total. The number of halogens is 2. The Morgan fingerprint density at radius 3 is 2.65 bits per heavy atom. The van der Waals surface area contributed by atoms with Crippen molar-refractivity contribution in [3.8, 4) is 0 Å². The van der Waals surface area contributed by atoms with Crippen LogP contribution in [-0.2, 0) is 24.9 Å². The molecule has 2 rings (SSSR count). The second-order valence-electron chi connectivity index (χ2n) is 5.98. The van der Waals surface area contributed by atoms with Crippen LogP contribution in [-0.4, -0.2) is 53.9 Å². The van der Waals surface area contributed by atoms with Crippen molar-refractivity contribution in [2.75, 3.05) is 27.7 Å². The van der Waals surface area contributed by atoms with Gasteiger partial charge >= 0.3 is 0 Å². The molecule has 0 saturated carbocycles. The number of aromatic nitrogens is 1. The highest BCUT2D eigenvalue weighted by Gasteiger charge is 2.12. The van der Waals surface area contributed by atoms with E-state index in [0.29, 0.717) is 19.0 Å². The molecule has 1 amide bonds. The van der Waals surface area contributed by atoms with E-state index >= 15 is 0 Å². The van der Waals surface area contributed by atoms with E-state index in [1.54, 1.807) is 30.3 Å². The molecule has 0 atom stereocenters. The summed E-state index contributed by atoms with van der Waals surface area (Å²) >= 11 is 5.19. The lowest BCUT2D eigenvalue weighted by molar-refractivity contribution is -0.127. The molecule has 0 aliphatic rings. The molecule has 0 aliphatic heterocycles. The van der Waals surface area contributed by atoms with E-state index in [1.807, 2.05) is 31.3 Å². The second-order valence-corrected chi connectivity index (χ2v) is 7.93. The van der Waals surface area contributed by atoms with Crippen LogP contribution < -0.4 is 5.32 Å². The number of nitrogens with zero attached hydrogens (tertiary/aromatic N) is 4. The molecule has 0 aromatic carbocycles. The van der Waals surface area contributed by atoms with Crippen LogP contribution in [0.1, 0.15) is 10.6 Å². The molecular formula is C17H25BrIN5OS. The second kappa shape index (κ2) is 10.9. The maximum Gasteiger partial charge on any atom is 0.243 e. The highest BCUT2D eigenvalue weighted by molar-refractivity contribution is 14.0. The zero-order valence-corrected chi connectivity index (χ0v) is 20.1. The van der Waals surface area contributed by atoms with Gasteiger partial charge in [-0.2, -0.15) is 0 Å². The first kappa shape index (κ1) is 23.0. The van der Waals surface area contributed by atoms with Gasteiger partial charge in [0.05, 0.1) is 13.1 Å². The monoisotopic (exact) mass is 553 g/mol. The quantitative estimate of drug-likeness (QED) is 0.340. The number of thiophene rings is 1. The summed E-state index contributed by atoms with van der Waals surface area (Å²) in [6.07, 6.45) is 2.02. The highest BCUT2D eigenvalue weighted by Crippen LogP contribution is 2.15. The fourth-order valence-electron chi connectivity index (χ4n) is 2.22. The summed E-state index contributed by atoms with van der Waals surface area (Å²) in [5, 5.41) is 5.41. The van der Waals surface area contributed by atoms with Crippen LogP contribution in [0.5, 0.6) is 0 Å². The number of carbonyl (C=O) groups excluding carboxylic acids is 1. The summed E-state index contributed by atoms with van der Waals surface area (Å²) in [6, 6.07) is 6.19. The largest absolute Gasteiger partial charge is 0.352 e. The van der Waals surface area contributed by atoms with Gasteiger partial charge in [-0.3, -0.25) is 4.79 Å². The Balaban J connectivity index is 0.00000338. The van der Waals surface area contributed by atoms with Crippen molar-refractivity contribution >= 4 is 63.1 Å². The number of aryl methyl sites for hydroxylation is 1. The van der Waals surface area contributed by atoms with Gasteiger partial charge in [-0.25, -0.2) is 4.99 Å². The summed E-state index contributed by atoms with van der Waals surface area (Å²) in [6.45, 7) is 1.50. The molecule has 144 valence electrons. The minimum absolute atomic E-state index is 0. The van der Waals surface area contributed by atoms with Crippen LogP contribution in [0.4, 0.5) is 0 Å². The molecule has 2 heterocycles. The Morgan fingerprint density at radius 2 is 2.12 bits per heavy atom. The van der Waals surface area contributed by atoms with E-state index < -0.39 is 0 Å². The Labute approximate surface area is 184 Å². The van der Waals surface area contributed by atoms with E-state index in [9.17, 15) is 4.79 Å². The third-order valence-electron chi connectivity index (χ3n) is 3.70. The molecule has 1 N–H and O–H groups in total. The smallest absolute Gasteiger partial charge is 0.243 e. The molecule has 9 heteroatoms. The van der Waals surface area contributed by atoms with Crippen LogP contribution in [0.3, 0.4) is 0 Å². The van der Waals surface area contributed by atoms with Crippen molar-refractivity contribution in [1.82, 2.24) is 19.7 Å². The predicted molar refractivity (Wildman–Crippen MR) is 122 cm³/mol.